The largest absolute Gasteiger partial charge is 0.428 e. The molecule has 180 valence electrons. The molecule has 0 atom stereocenters. The Hall–Kier alpha value is -3.30. The first kappa shape index (κ1) is 26.0. The van der Waals surface area contributed by atoms with E-state index in [-0.39, 0.29) is 36.5 Å². The molecule has 0 aromatic carbocycles. The molecule has 0 radical (unpaired) electrons. The summed E-state index contributed by atoms with van der Waals surface area (Å²) in [6, 6.07) is 0. The molecule has 0 aromatic heterocycles. The molecular formula is C23H30N2O8. The van der Waals surface area contributed by atoms with Crippen molar-refractivity contribution in [1.82, 2.24) is 9.80 Å². The highest BCUT2D eigenvalue weighted by atomic mass is 16.7. The molecule has 0 saturated carbocycles. The van der Waals surface area contributed by atoms with E-state index in [1.54, 1.807) is 0 Å². The molecule has 2 aliphatic heterocycles. The van der Waals surface area contributed by atoms with Crippen molar-refractivity contribution >= 4 is 35.6 Å². The normalized spacial score (nSPS) is 15.2. The van der Waals surface area contributed by atoms with Gasteiger partial charge in [-0.1, -0.05) is 25.7 Å². The van der Waals surface area contributed by atoms with Crippen LogP contribution in [-0.4, -0.2) is 65.2 Å². The van der Waals surface area contributed by atoms with Crippen LogP contribution in [0.1, 0.15) is 64.2 Å². The highest BCUT2D eigenvalue weighted by Crippen LogP contribution is 2.10. The zero-order valence-electron chi connectivity index (χ0n) is 18.7. The van der Waals surface area contributed by atoms with Gasteiger partial charge in [-0.05, 0) is 25.7 Å². The quantitative estimate of drug-likeness (QED) is 0.147. The number of hydrogen-bond acceptors (Lipinski definition) is 8. The predicted octanol–water partition coefficient (Wildman–Crippen LogP) is 1.78. The summed E-state index contributed by atoms with van der Waals surface area (Å²) in [5.41, 5.74) is 0. The Morgan fingerprint density at radius 3 is 1.24 bits per heavy atom. The lowest BCUT2D eigenvalue weighted by Gasteiger charge is -2.13. The van der Waals surface area contributed by atoms with E-state index in [0.29, 0.717) is 38.8 Å². The Labute approximate surface area is 192 Å². The van der Waals surface area contributed by atoms with Crippen molar-refractivity contribution in [2.24, 2.45) is 0 Å². The number of imide groups is 2. The van der Waals surface area contributed by atoms with Crippen LogP contribution in [0.2, 0.25) is 0 Å². The molecule has 2 rings (SSSR count). The second kappa shape index (κ2) is 14.0. The lowest BCUT2D eigenvalue weighted by Crippen LogP contribution is -2.30. The standard InChI is InChI=1S/C23H30N2O8/c26-18-11-12-19(27)24(18)15-7-3-1-5-9-22(30)32-17-33-23(31)10-6-2-4-8-16-25-20(28)13-14-21(25)29/h11-14H,1-10,15-17H2. The minimum Gasteiger partial charge on any atom is -0.428 e. The molecule has 0 saturated heterocycles. The van der Waals surface area contributed by atoms with Crippen molar-refractivity contribution in [2.45, 2.75) is 64.2 Å². The molecular weight excluding hydrogens is 432 g/mol. The number of unbranched alkanes of at least 4 members (excludes halogenated alkanes) is 6. The fourth-order valence-corrected chi connectivity index (χ4v) is 3.39. The van der Waals surface area contributed by atoms with Crippen molar-refractivity contribution in [1.29, 1.82) is 0 Å². The van der Waals surface area contributed by atoms with E-state index in [4.69, 9.17) is 9.47 Å². The molecule has 2 heterocycles. The maximum Gasteiger partial charge on any atom is 0.308 e. The van der Waals surface area contributed by atoms with Crippen molar-refractivity contribution < 1.29 is 38.2 Å². The number of amides is 4. The van der Waals surface area contributed by atoms with E-state index in [1.165, 1.54) is 34.1 Å². The molecule has 4 amide bonds. The Kier molecular flexibility index (Phi) is 11.0. The third kappa shape index (κ3) is 9.38. The second-order valence-electron chi connectivity index (χ2n) is 7.80. The number of ether oxygens (including phenoxy) is 2. The predicted molar refractivity (Wildman–Crippen MR) is 115 cm³/mol. The van der Waals surface area contributed by atoms with Crippen LogP contribution in [0.5, 0.6) is 0 Å². The lowest BCUT2D eigenvalue weighted by atomic mass is 10.1. The number of rotatable bonds is 16. The summed E-state index contributed by atoms with van der Waals surface area (Å²) < 4.78 is 9.78. The molecule has 10 heteroatoms. The molecule has 33 heavy (non-hydrogen) atoms. The van der Waals surface area contributed by atoms with Crippen LogP contribution in [0.15, 0.2) is 24.3 Å². The van der Waals surface area contributed by atoms with Gasteiger partial charge in [0.15, 0.2) is 0 Å². The Morgan fingerprint density at radius 1 is 0.545 bits per heavy atom. The summed E-state index contributed by atoms with van der Waals surface area (Å²) in [6.07, 6.45) is 11.1. The van der Waals surface area contributed by atoms with E-state index >= 15 is 0 Å². The third-order valence-electron chi connectivity index (χ3n) is 5.27. The van der Waals surface area contributed by atoms with Crippen LogP contribution >= 0.6 is 0 Å². The molecule has 0 fully saturated rings. The van der Waals surface area contributed by atoms with Crippen LogP contribution in [0.4, 0.5) is 0 Å². The van der Waals surface area contributed by atoms with Gasteiger partial charge in [-0.3, -0.25) is 38.6 Å². The molecule has 0 aromatic rings. The minimum atomic E-state index is -0.447. The first-order valence-electron chi connectivity index (χ1n) is 11.3. The fraction of sp³-hybridized carbons (Fsp3) is 0.565. The first-order valence-corrected chi connectivity index (χ1v) is 11.3. The zero-order valence-corrected chi connectivity index (χ0v) is 18.7. The maximum absolute atomic E-state index is 11.7. The van der Waals surface area contributed by atoms with Gasteiger partial charge in [0.1, 0.15) is 0 Å². The topological polar surface area (TPSA) is 127 Å². The summed E-state index contributed by atoms with van der Waals surface area (Å²) >= 11 is 0. The maximum atomic E-state index is 11.7. The van der Waals surface area contributed by atoms with Gasteiger partial charge in [-0.15, -0.1) is 0 Å². The molecule has 0 aliphatic carbocycles. The van der Waals surface area contributed by atoms with Gasteiger partial charge in [0.2, 0.25) is 6.79 Å². The van der Waals surface area contributed by atoms with Gasteiger partial charge >= 0.3 is 11.9 Å². The number of carbonyl (C=O) groups excluding carboxylic acids is 6. The Balaban J connectivity index is 1.37. The Morgan fingerprint density at radius 2 is 0.879 bits per heavy atom. The van der Waals surface area contributed by atoms with Gasteiger partial charge in [0.05, 0.1) is 0 Å². The van der Waals surface area contributed by atoms with Gasteiger partial charge < -0.3 is 9.47 Å². The summed E-state index contributed by atoms with van der Waals surface area (Å²) in [5.74, 6) is -2.05. The van der Waals surface area contributed by atoms with E-state index in [2.05, 4.69) is 0 Å². The van der Waals surface area contributed by atoms with Crippen molar-refractivity contribution in [3.8, 4) is 0 Å². The van der Waals surface area contributed by atoms with Crippen molar-refractivity contribution in [3.63, 3.8) is 0 Å². The van der Waals surface area contributed by atoms with Crippen LogP contribution < -0.4 is 0 Å². The summed E-state index contributed by atoms with van der Waals surface area (Å²) in [5, 5.41) is 0. The van der Waals surface area contributed by atoms with Gasteiger partial charge in [-0.25, -0.2) is 0 Å². The first-order chi connectivity index (χ1) is 15.9. The third-order valence-corrected chi connectivity index (χ3v) is 5.27. The van der Waals surface area contributed by atoms with Crippen molar-refractivity contribution in [2.75, 3.05) is 19.9 Å². The van der Waals surface area contributed by atoms with Crippen LogP contribution in [-0.2, 0) is 38.2 Å². The molecule has 2 aliphatic rings. The van der Waals surface area contributed by atoms with Crippen LogP contribution in [0, 0.1) is 0 Å². The van der Waals surface area contributed by atoms with Crippen molar-refractivity contribution in [3.05, 3.63) is 24.3 Å². The van der Waals surface area contributed by atoms with E-state index in [0.717, 1.165) is 25.7 Å². The smallest absolute Gasteiger partial charge is 0.308 e. The number of hydrogen-bond donors (Lipinski definition) is 0. The highest BCUT2D eigenvalue weighted by molar-refractivity contribution is 6.13. The number of carbonyl (C=O) groups is 6. The average molecular weight is 462 g/mol. The molecule has 0 spiro atoms. The molecule has 10 nitrogen and oxygen atoms in total. The Bertz CT molecular complexity index is 715. The summed E-state index contributed by atoms with van der Waals surface area (Å²) in [7, 11) is 0. The van der Waals surface area contributed by atoms with Gasteiger partial charge in [-0.2, -0.15) is 0 Å². The fourth-order valence-electron chi connectivity index (χ4n) is 3.39. The van der Waals surface area contributed by atoms with Crippen LogP contribution in [0.25, 0.3) is 0 Å². The monoisotopic (exact) mass is 462 g/mol. The molecule has 0 unspecified atom stereocenters. The summed E-state index contributed by atoms with van der Waals surface area (Å²) in [4.78, 5) is 71.3. The second-order valence-corrected chi connectivity index (χ2v) is 7.80. The average Bonchev–Trinajstić information content (AvgIpc) is 3.28. The number of esters is 2. The molecule has 0 N–H and O–H groups in total. The van der Waals surface area contributed by atoms with E-state index < -0.39 is 18.7 Å². The molecule has 0 bridgehead atoms. The van der Waals surface area contributed by atoms with E-state index in [9.17, 15) is 28.8 Å². The zero-order chi connectivity index (χ0) is 24.1. The van der Waals surface area contributed by atoms with Gasteiger partial charge in [0.25, 0.3) is 23.6 Å². The summed E-state index contributed by atoms with van der Waals surface area (Å²) in [6.45, 7) is 0.344. The lowest BCUT2D eigenvalue weighted by molar-refractivity contribution is -0.167. The minimum absolute atomic E-state index is 0.207. The van der Waals surface area contributed by atoms with Crippen LogP contribution in [0.3, 0.4) is 0 Å². The van der Waals surface area contributed by atoms with E-state index in [1.807, 2.05) is 0 Å². The highest BCUT2D eigenvalue weighted by Gasteiger charge is 2.23. The SMILES string of the molecule is O=C(CCCCCCN1C(=O)C=CC1=O)OCOC(=O)CCCCCCN1C(=O)C=CC1=O. The van der Waals surface area contributed by atoms with Gasteiger partial charge in [0, 0.05) is 50.2 Å². The number of nitrogens with zero attached hydrogens (tertiary/aromatic N) is 2.